The number of alkyl halides is 2. The van der Waals surface area contributed by atoms with Crippen molar-refractivity contribution in [1.82, 2.24) is 15.1 Å². The fourth-order valence-corrected chi connectivity index (χ4v) is 2.31. The predicted molar refractivity (Wildman–Crippen MR) is 73.5 cm³/mol. The van der Waals surface area contributed by atoms with Crippen LogP contribution in [0.4, 0.5) is 18.9 Å². The van der Waals surface area contributed by atoms with E-state index in [9.17, 15) is 18.0 Å². The summed E-state index contributed by atoms with van der Waals surface area (Å²) in [5.41, 5.74) is 0.434. The number of nitrogens with zero attached hydrogens (tertiary/aromatic N) is 2. The van der Waals surface area contributed by atoms with Gasteiger partial charge >= 0.3 is 0 Å². The number of benzene rings is 1. The van der Waals surface area contributed by atoms with Crippen LogP contribution in [0.25, 0.3) is 5.69 Å². The lowest BCUT2D eigenvalue weighted by molar-refractivity contribution is -0.118. The monoisotopic (exact) mass is 310 g/mol. The van der Waals surface area contributed by atoms with Crippen molar-refractivity contribution in [2.24, 2.45) is 0 Å². The van der Waals surface area contributed by atoms with Crippen LogP contribution >= 0.6 is 0 Å². The molecule has 1 fully saturated rings. The van der Waals surface area contributed by atoms with Gasteiger partial charge in [0.05, 0.1) is 12.6 Å². The Labute approximate surface area is 124 Å². The van der Waals surface area contributed by atoms with E-state index in [-0.39, 0.29) is 11.4 Å². The third-order valence-electron chi connectivity index (χ3n) is 3.39. The average Bonchev–Trinajstić information content (AvgIpc) is 3.08. The molecule has 1 atom stereocenters. The van der Waals surface area contributed by atoms with Crippen molar-refractivity contribution >= 4 is 11.6 Å². The van der Waals surface area contributed by atoms with Crippen molar-refractivity contribution in [3.05, 3.63) is 42.5 Å². The van der Waals surface area contributed by atoms with E-state index in [1.165, 1.54) is 23.0 Å². The number of amides is 1. The topological polar surface area (TPSA) is 59.0 Å². The third-order valence-corrected chi connectivity index (χ3v) is 3.39. The van der Waals surface area contributed by atoms with Crippen molar-refractivity contribution in [2.75, 3.05) is 11.9 Å². The highest BCUT2D eigenvalue weighted by Gasteiger charge is 2.42. The number of anilines is 1. The highest BCUT2D eigenvalue weighted by molar-refractivity contribution is 5.95. The van der Waals surface area contributed by atoms with Gasteiger partial charge in [0.2, 0.25) is 5.91 Å². The molecule has 5 nitrogen and oxygen atoms in total. The molecule has 1 amide bonds. The van der Waals surface area contributed by atoms with Gasteiger partial charge in [0.25, 0.3) is 5.92 Å². The smallest absolute Gasteiger partial charge is 0.262 e. The van der Waals surface area contributed by atoms with Crippen LogP contribution in [0.2, 0.25) is 0 Å². The number of nitrogens with one attached hydrogen (secondary N) is 2. The largest absolute Gasteiger partial charge is 0.325 e. The Balaban J connectivity index is 1.71. The zero-order chi connectivity index (χ0) is 15.7. The van der Waals surface area contributed by atoms with Gasteiger partial charge in [-0.15, -0.1) is 0 Å². The lowest BCUT2D eigenvalue weighted by Crippen LogP contribution is -2.35. The van der Waals surface area contributed by atoms with Gasteiger partial charge in [0.1, 0.15) is 5.69 Å². The number of carbonyl (C=O) groups excluding carboxylic acids is 1. The van der Waals surface area contributed by atoms with E-state index in [4.69, 9.17) is 0 Å². The minimum atomic E-state index is -2.89. The van der Waals surface area contributed by atoms with Crippen LogP contribution in [0.15, 0.2) is 36.7 Å². The number of halogens is 3. The van der Waals surface area contributed by atoms with E-state index < -0.39 is 36.7 Å². The lowest BCUT2D eigenvalue weighted by Gasteiger charge is -2.12. The summed E-state index contributed by atoms with van der Waals surface area (Å²) >= 11 is 0. The van der Waals surface area contributed by atoms with Crippen LogP contribution in [0.3, 0.4) is 0 Å². The summed E-state index contributed by atoms with van der Waals surface area (Å²) in [5.74, 6) is -4.08. The Morgan fingerprint density at radius 1 is 1.45 bits per heavy atom. The zero-order valence-electron chi connectivity index (χ0n) is 11.4. The first kappa shape index (κ1) is 14.6. The molecule has 2 aromatic rings. The van der Waals surface area contributed by atoms with E-state index in [0.717, 1.165) is 6.07 Å². The molecule has 22 heavy (non-hydrogen) atoms. The Hall–Kier alpha value is -2.35. The van der Waals surface area contributed by atoms with Crippen molar-refractivity contribution in [3.63, 3.8) is 0 Å². The van der Waals surface area contributed by atoms with E-state index >= 15 is 0 Å². The summed E-state index contributed by atoms with van der Waals surface area (Å²) in [4.78, 5) is 11.9. The Morgan fingerprint density at radius 3 is 2.86 bits per heavy atom. The summed E-state index contributed by atoms with van der Waals surface area (Å²) in [6.07, 6.45) is 2.54. The van der Waals surface area contributed by atoms with E-state index in [1.54, 1.807) is 12.3 Å². The molecule has 2 heterocycles. The van der Waals surface area contributed by atoms with Crippen molar-refractivity contribution < 1.29 is 18.0 Å². The molecular formula is C14H13F3N4O. The molecular weight excluding hydrogens is 297 g/mol. The van der Waals surface area contributed by atoms with Gasteiger partial charge in [-0.25, -0.2) is 17.9 Å². The number of carbonyl (C=O) groups is 1. The number of rotatable bonds is 3. The quantitative estimate of drug-likeness (QED) is 0.911. The maximum Gasteiger partial charge on any atom is 0.262 e. The van der Waals surface area contributed by atoms with Crippen LogP contribution in [0.5, 0.6) is 0 Å². The molecule has 0 spiro atoms. The first-order valence-corrected chi connectivity index (χ1v) is 6.66. The second-order valence-corrected chi connectivity index (χ2v) is 5.10. The molecule has 1 unspecified atom stereocenters. The maximum atomic E-state index is 14.0. The summed E-state index contributed by atoms with van der Waals surface area (Å²) in [6.45, 7) is -0.530. The third kappa shape index (κ3) is 2.96. The van der Waals surface area contributed by atoms with Crippen molar-refractivity contribution in [3.8, 4) is 5.69 Å². The van der Waals surface area contributed by atoms with Crippen LogP contribution < -0.4 is 10.6 Å². The summed E-state index contributed by atoms with van der Waals surface area (Å²) in [6, 6.07) is 4.74. The first-order valence-electron chi connectivity index (χ1n) is 6.66. The van der Waals surface area contributed by atoms with Crippen LogP contribution in [-0.4, -0.2) is 34.2 Å². The molecule has 1 aliphatic heterocycles. The van der Waals surface area contributed by atoms with Crippen LogP contribution in [-0.2, 0) is 4.79 Å². The minimum absolute atomic E-state index is 0.204. The molecule has 1 aromatic heterocycles. The SMILES string of the molecule is O=C(Nc1ccc(-n2cccn2)c(F)c1)C1CC(F)(F)CN1. The zero-order valence-corrected chi connectivity index (χ0v) is 11.4. The fraction of sp³-hybridized carbons (Fsp3) is 0.286. The molecule has 0 aliphatic carbocycles. The summed E-state index contributed by atoms with van der Waals surface area (Å²) in [5, 5.41) is 8.79. The molecule has 116 valence electrons. The van der Waals surface area contributed by atoms with Crippen molar-refractivity contribution in [2.45, 2.75) is 18.4 Å². The Morgan fingerprint density at radius 2 is 2.27 bits per heavy atom. The first-order chi connectivity index (χ1) is 10.4. The molecule has 1 saturated heterocycles. The molecule has 8 heteroatoms. The average molecular weight is 310 g/mol. The fourth-order valence-electron chi connectivity index (χ4n) is 2.31. The van der Waals surface area contributed by atoms with Gasteiger partial charge < -0.3 is 5.32 Å². The van der Waals surface area contributed by atoms with Crippen LogP contribution in [0.1, 0.15) is 6.42 Å². The number of aromatic nitrogens is 2. The van der Waals surface area contributed by atoms with Gasteiger partial charge in [-0.05, 0) is 24.3 Å². The van der Waals surface area contributed by atoms with Crippen molar-refractivity contribution in [1.29, 1.82) is 0 Å². The molecule has 0 saturated carbocycles. The molecule has 1 aromatic carbocycles. The summed E-state index contributed by atoms with van der Waals surface area (Å²) < 4.78 is 41.5. The maximum absolute atomic E-state index is 14.0. The van der Waals surface area contributed by atoms with Gasteiger partial charge in [-0.2, -0.15) is 5.10 Å². The van der Waals surface area contributed by atoms with Crippen LogP contribution in [0, 0.1) is 5.82 Å². The molecule has 0 radical (unpaired) electrons. The minimum Gasteiger partial charge on any atom is -0.325 e. The number of hydrogen-bond acceptors (Lipinski definition) is 3. The van der Waals surface area contributed by atoms with E-state index in [1.807, 2.05) is 0 Å². The van der Waals surface area contributed by atoms with Gasteiger partial charge in [0, 0.05) is 24.5 Å². The van der Waals surface area contributed by atoms with Gasteiger partial charge in [-0.3, -0.25) is 10.1 Å². The summed E-state index contributed by atoms with van der Waals surface area (Å²) in [7, 11) is 0. The second kappa shape index (κ2) is 5.45. The highest BCUT2D eigenvalue weighted by atomic mass is 19.3. The van der Waals surface area contributed by atoms with E-state index in [2.05, 4.69) is 15.7 Å². The van der Waals surface area contributed by atoms with E-state index in [0.29, 0.717) is 0 Å². The standard InChI is InChI=1S/C14H13F3N4O/c15-10-6-9(2-3-12(10)21-5-1-4-19-21)20-13(22)11-7-14(16,17)8-18-11/h1-6,11,18H,7-8H2,(H,20,22). The Kier molecular flexibility index (Phi) is 3.61. The van der Waals surface area contributed by atoms with Gasteiger partial charge in [-0.1, -0.05) is 0 Å². The molecule has 1 aliphatic rings. The highest BCUT2D eigenvalue weighted by Crippen LogP contribution is 2.26. The number of hydrogen-bond donors (Lipinski definition) is 2. The predicted octanol–water partition coefficient (Wildman–Crippen LogP) is 1.95. The normalized spacial score (nSPS) is 20.0. The lowest BCUT2D eigenvalue weighted by atomic mass is 10.1. The second-order valence-electron chi connectivity index (χ2n) is 5.10. The molecule has 2 N–H and O–H groups in total. The molecule has 3 rings (SSSR count). The Bertz CT molecular complexity index is 687. The molecule has 0 bridgehead atoms. The van der Waals surface area contributed by atoms with Gasteiger partial charge in [0.15, 0.2) is 5.82 Å².